The maximum absolute atomic E-state index is 10.4. The Hall–Kier alpha value is -1.78. The second-order valence-corrected chi connectivity index (χ2v) is 5.58. The average molecular weight is 270 g/mol. The molecule has 3 nitrogen and oxygen atoms in total. The number of aliphatic hydroxyl groups is 1. The molecule has 0 fully saturated rings. The third-order valence-corrected chi connectivity index (χ3v) is 3.96. The van der Waals surface area contributed by atoms with Gasteiger partial charge in [-0.25, -0.2) is 4.98 Å². The Labute approximate surface area is 115 Å². The molecule has 0 bridgehead atoms. The van der Waals surface area contributed by atoms with Gasteiger partial charge in [-0.2, -0.15) is 0 Å². The van der Waals surface area contributed by atoms with Crippen molar-refractivity contribution in [3.8, 4) is 0 Å². The number of aromatic nitrogens is 2. The van der Waals surface area contributed by atoms with Gasteiger partial charge in [0, 0.05) is 29.6 Å². The van der Waals surface area contributed by atoms with Gasteiger partial charge in [0.1, 0.15) is 0 Å². The average Bonchev–Trinajstić information content (AvgIpc) is 2.83. The van der Waals surface area contributed by atoms with E-state index in [1.807, 2.05) is 42.8 Å². The molecule has 0 amide bonds. The van der Waals surface area contributed by atoms with E-state index in [2.05, 4.69) is 9.97 Å². The quantitative estimate of drug-likeness (QED) is 0.794. The highest BCUT2D eigenvalue weighted by Gasteiger charge is 2.13. The van der Waals surface area contributed by atoms with Crippen molar-refractivity contribution in [2.75, 3.05) is 0 Å². The third-order valence-electron chi connectivity index (χ3n) is 3.14. The monoisotopic (exact) mass is 270 g/mol. The van der Waals surface area contributed by atoms with E-state index < -0.39 is 6.10 Å². The van der Waals surface area contributed by atoms with Gasteiger partial charge in [-0.15, -0.1) is 11.3 Å². The zero-order valence-electron chi connectivity index (χ0n) is 10.6. The zero-order chi connectivity index (χ0) is 13.2. The molecule has 1 aromatic carbocycles. The van der Waals surface area contributed by atoms with Crippen molar-refractivity contribution in [3.05, 3.63) is 58.3 Å². The fraction of sp³-hybridized carbons (Fsp3) is 0.200. The highest BCUT2D eigenvalue weighted by atomic mass is 32.1. The van der Waals surface area contributed by atoms with E-state index in [0.717, 1.165) is 27.0 Å². The Balaban J connectivity index is 1.95. The molecular weight excluding hydrogens is 256 g/mol. The molecule has 2 aromatic heterocycles. The molecule has 3 aromatic rings. The number of thiazole rings is 1. The number of aryl methyl sites for hydroxylation is 1. The number of hydrogen-bond donors (Lipinski definition) is 1. The van der Waals surface area contributed by atoms with E-state index in [0.29, 0.717) is 6.42 Å². The van der Waals surface area contributed by atoms with Crippen LogP contribution in [-0.2, 0) is 6.42 Å². The van der Waals surface area contributed by atoms with Crippen LogP contribution in [0.25, 0.3) is 10.8 Å². The highest BCUT2D eigenvalue weighted by Crippen LogP contribution is 2.26. The predicted octanol–water partition coefficient (Wildman–Crippen LogP) is 3.28. The molecule has 19 heavy (non-hydrogen) atoms. The van der Waals surface area contributed by atoms with Crippen LogP contribution in [0.3, 0.4) is 0 Å². The molecule has 1 atom stereocenters. The van der Waals surface area contributed by atoms with Gasteiger partial charge in [-0.05, 0) is 23.9 Å². The van der Waals surface area contributed by atoms with Gasteiger partial charge in [0.25, 0.3) is 0 Å². The molecule has 0 aliphatic carbocycles. The minimum Gasteiger partial charge on any atom is -0.388 e. The van der Waals surface area contributed by atoms with Crippen molar-refractivity contribution in [2.24, 2.45) is 0 Å². The number of nitrogens with zero attached hydrogens (tertiary/aromatic N) is 2. The van der Waals surface area contributed by atoms with Crippen LogP contribution in [0.15, 0.2) is 42.0 Å². The Morgan fingerprint density at radius 1 is 1.32 bits per heavy atom. The molecule has 3 rings (SSSR count). The maximum Gasteiger partial charge on any atom is 0.0897 e. The first kappa shape index (κ1) is 12.3. The molecule has 2 heterocycles. The smallest absolute Gasteiger partial charge is 0.0897 e. The lowest BCUT2D eigenvalue weighted by atomic mass is 9.99. The third kappa shape index (κ3) is 2.50. The van der Waals surface area contributed by atoms with E-state index in [-0.39, 0.29) is 0 Å². The molecule has 0 aliphatic rings. The summed E-state index contributed by atoms with van der Waals surface area (Å²) in [5.74, 6) is 0. The van der Waals surface area contributed by atoms with Crippen LogP contribution in [0.5, 0.6) is 0 Å². The minimum atomic E-state index is -0.535. The van der Waals surface area contributed by atoms with Crippen LogP contribution in [0.1, 0.15) is 22.4 Å². The molecular formula is C15H14N2OS. The molecule has 96 valence electrons. The fourth-order valence-electron chi connectivity index (χ4n) is 2.25. The normalized spacial score (nSPS) is 12.7. The Kier molecular flexibility index (Phi) is 3.27. The first-order chi connectivity index (χ1) is 9.24. The van der Waals surface area contributed by atoms with Crippen molar-refractivity contribution in [1.82, 2.24) is 9.97 Å². The summed E-state index contributed by atoms with van der Waals surface area (Å²) >= 11 is 1.61. The Bertz CT molecular complexity index is 703. The van der Waals surface area contributed by atoms with Crippen LogP contribution in [0.4, 0.5) is 0 Å². The lowest BCUT2D eigenvalue weighted by molar-refractivity contribution is 0.179. The van der Waals surface area contributed by atoms with Gasteiger partial charge < -0.3 is 5.11 Å². The predicted molar refractivity (Wildman–Crippen MR) is 77.3 cm³/mol. The lowest BCUT2D eigenvalue weighted by Crippen LogP contribution is -2.03. The molecule has 4 heteroatoms. The van der Waals surface area contributed by atoms with Crippen LogP contribution in [0.2, 0.25) is 0 Å². The van der Waals surface area contributed by atoms with Crippen LogP contribution in [-0.4, -0.2) is 15.1 Å². The summed E-state index contributed by atoms with van der Waals surface area (Å²) < 4.78 is 0. The van der Waals surface area contributed by atoms with Gasteiger partial charge in [0.05, 0.1) is 16.8 Å². The topological polar surface area (TPSA) is 46.0 Å². The fourth-order valence-corrected chi connectivity index (χ4v) is 2.87. The summed E-state index contributed by atoms with van der Waals surface area (Å²) in [6, 6.07) is 7.87. The maximum atomic E-state index is 10.4. The van der Waals surface area contributed by atoms with E-state index in [9.17, 15) is 5.11 Å². The van der Waals surface area contributed by atoms with Gasteiger partial charge in [0.15, 0.2) is 0 Å². The first-order valence-corrected chi connectivity index (χ1v) is 7.04. The molecule has 0 aliphatic heterocycles. The minimum absolute atomic E-state index is 0.535. The van der Waals surface area contributed by atoms with Crippen molar-refractivity contribution >= 4 is 22.1 Å². The number of pyridine rings is 1. The summed E-state index contributed by atoms with van der Waals surface area (Å²) in [7, 11) is 0. The van der Waals surface area contributed by atoms with E-state index in [1.165, 1.54) is 0 Å². The molecule has 1 unspecified atom stereocenters. The number of benzene rings is 1. The summed E-state index contributed by atoms with van der Waals surface area (Å²) in [5, 5.41) is 15.6. The number of fused-ring (bicyclic) bond motifs is 1. The molecule has 1 N–H and O–H groups in total. The lowest BCUT2D eigenvalue weighted by Gasteiger charge is -2.12. The van der Waals surface area contributed by atoms with E-state index >= 15 is 0 Å². The first-order valence-electron chi connectivity index (χ1n) is 6.16. The summed E-state index contributed by atoms with van der Waals surface area (Å²) in [6.07, 6.45) is 3.59. The van der Waals surface area contributed by atoms with Crippen molar-refractivity contribution < 1.29 is 5.11 Å². The second kappa shape index (κ2) is 5.07. The number of rotatable bonds is 3. The Morgan fingerprint density at radius 2 is 2.21 bits per heavy atom. The number of aliphatic hydroxyl groups excluding tert-OH is 1. The number of hydrogen-bond acceptors (Lipinski definition) is 4. The SMILES string of the molecule is Cc1nc(CC(O)c2cccc3cnccc23)cs1. The largest absolute Gasteiger partial charge is 0.388 e. The second-order valence-electron chi connectivity index (χ2n) is 4.52. The molecule has 0 saturated carbocycles. The van der Waals surface area contributed by atoms with Crippen molar-refractivity contribution in [3.63, 3.8) is 0 Å². The van der Waals surface area contributed by atoms with Crippen LogP contribution < -0.4 is 0 Å². The highest BCUT2D eigenvalue weighted by molar-refractivity contribution is 7.09. The van der Waals surface area contributed by atoms with Crippen LogP contribution in [0, 0.1) is 6.92 Å². The summed E-state index contributed by atoms with van der Waals surface area (Å²) in [5.41, 5.74) is 1.88. The van der Waals surface area contributed by atoms with Gasteiger partial charge >= 0.3 is 0 Å². The van der Waals surface area contributed by atoms with E-state index in [1.54, 1.807) is 17.5 Å². The van der Waals surface area contributed by atoms with Crippen molar-refractivity contribution in [1.29, 1.82) is 0 Å². The van der Waals surface area contributed by atoms with Crippen molar-refractivity contribution in [2.45, 2.75) is 19.4 Å². The van der Waals surface area contributed by atoms with Gasteiger partial charge in [-0.3, -0.25) is 4.98 Å². The summed E-state index contributed by atoms with van der Waals surface area (Å²) in [6.45, 7) is 1.98. The molecule has 0 saturated heterocycles. The standard InChI is InChI=1S/C15H14N2OS/c1-10-17-12(9-19-10)7-15(18)14-4-2-3-11-8-16-6-5-13(11)14/h2-6,8-9,15,18H,7H2,1H3. The van der Waals surface area contributed by atoms with Gasteiger partial charge in [-0.1, -0.05) is 18.2 Å². The summed E-state index contributed by atoms with van der Waals surface area (Å²) in [4.78, 5) is 8.51. The molecule has 0 radical (unpaired) electrons. The van der Waals surface area contributed by atoms with Gasteiger partial charge in [0.2, 0.25) is 0 Å². The molecule has 0 spiro atoms. The zero-order valence-corrected chi connectivity index (χ0v) is 11.4. The Morgan fingerprint density at radius 3 is 3.00 bits per heavy atom. The van der Waals surface area contributed by atoms with Crippen LogP contribution >= 0.6 is 11.3 Å². The van der Waals surface area contributed by atoms with E-state index in [4.69, 9.17) is 0 Å².